The maximum Gasteiger partial charge on any atom is 0.264 e. The fourth-order valence-corrected chi connectivity index (χ4v) is 3.69. The Balaban J connectivity index is 2.85. The zero-order valence-corrected chi connectivity index (χ0v) is 12.9. The van der Waals surface area contributed by atoms with Crippen LogP contribution in [0.3, 0.4) is 0 Å². The quantitative estimate of drug-likeness (QED) is 0.504. The highest BCUT2D eigenvalue weighted by Crippen LogP contribution is 2.37. The number of alkyl halides is 2. The zero-order chi connectivity index (χ0) is 11.9. The van der Waals surface area contributed by atoms with Crippen molar-refractivity contribution in [1.29, 1.82) is 0 Å². The fraction of sp³-hybridized carbons (Fsp3) is 0.222. The van der Waals surface area contributed by atoms with Crippen molar-refractivity contribution in [2.24, 2.45) is 0 Å². The van der Waals surface area contributed by atoms with Gasteiger partial charge in [0.15, 0.2) is 0 Å². The molecule has 1 aromatic carbocycles. The van der Waals surface area contributed by atoms with Crippen molar-refractivity contribution in [3.05, 3.63) is 27.9 Å². The molecule has 0 aliphatic heterocycles. The summed E-state index contributed by atoms with van der Waals surface area (Å²) in [6, 6.07) is 3.29. The van der Waals surface area contributed by atoms with Crippen molar-refractivity contribution in [2.45, 2.75) is 13.3 Å². The van der Waals surface area contributed by atoms with Crippen molar-refractivity contribution < 1.29 is 8.78 Å². The van der Waals surface area contributed by atoms with Crippen LogP contribution in [0.5, 0.6) is 0 Å². The minimum Gasteiger partial charge on any atom is -0.237 e. The molecule has 0 spiro atoms. The molecular weight excluding hydrogens is 412 g/mol. The Morgan fingerprint density at radius 3 is 2.75 bits per heavy atom. The minimum atomic E-state index is -2.48. The Kier molecular flexibility index (Phi) is 3.81. The molecule has 7 heteroatoms. The Morgan fingerprint density at radius 2 is 2.19 bits per heavy atom. The maximum atomic E-state index is 12.9. The molecule has 2 aromatic rings. The molecule has 0 N–H and O–H groups in total. The predicted octanol–water partition coefficient (Wildman–Crippen LogP) is 4.84. The van der Waals surface area contributed by atoms with Gasteiger partial charge in [-0.25, -0.2) is 13.2 Å². The Morgan fingerprint density at radius 1 is 1.50 bits per heavy atom. The van der Waals surface area contributed by atoms with Crippen molar-refractivity contribution in [3.63, 3.8) is 0 Å². The van der Waals surface area contributed by atoms with Gasteiger partial charge in [-0.2, -0.15) is 5.10 Å². The Labute approximate surface area is 114 Å². The number of hydrogen-bond acceptors (Lipinski definition) is 1. The summed E-state index contributed by atoms with van der Waals surface area (Å²) in [5.74, 6) is 0. The molecule has 0 saturated heterocycles. The molecule has 1 unspecified atom stereocenters. The van der Waals surface area contributed by atoms with Crippen LogP contribution in [0, 0.1) is 6.92 Å². The number of aryl methyl sites for hydroxylation is 1. The van der Waals surface area contributed by atoms with Gasteiger partial charge >= 0.3 is 0 Å². The molecule has 2 rings (SSSR count). The lowest BCUT2D eigenvalue weighted by atomic mass is 10.1. The average molecular weight is 419 g/mol. The van der Waals surface area contributed by atoms with Crippen LogP contribution in [0.4, 0.5) is 8.78 Å². The normalized spacial score (nSPS) is 12.4. The lowest BCUT2D eigenvalue weighted by Gasteiger charge is -2.04. The smallest absolute Gasteiger partial charge is 0.237 e. The number of hydrogen-bond donors (Lipinski definition) is 0. The first-order valence-corrected chi connectivity index (χ1v) is 9.23. The Bertz CT molecular complexity index is 544. The molecule has 0 bridgehead atoms. The van der Waals surface area contributed by atoms with E-state index < -0.39 is 6.43 Å². The largest absolute Gasteiger partial charge is 0.264 e. The first kappa shape index (κ1) is 12.6. The molecule has 16 heavy (non-hydrogen) atoms. The standard InChI is InChI=1S/C9H7BrF2IN2P/c1-4-8-6(9(11)12)2-5(10)3-7(8)15(14-4)16-13/h2-3,9,16H,1H3. The van der Waals surface area contributed by atoms with Gasteiger partial charge in [-0.15, -0.1) is 0 Å². The molecule has 0 fully saturated rings. The van der Waals surface area contributed by atoms with Crippen molar-refractivity contribution >= 4 is 55.2 Å². The SMILES string of the molecule is Cc1nn(PI)c2cc(Br)cc(C(F)F)c12. The minimum absolute atomic E-state index is 0.0442. The highest BCUT2D eigenvalue weighted by Gasteiger charge is 2.18. The summed E-state index contributed by atoms with van der Waals surface area (Å²) in [5, 5.41) is 4.83. The summed E-state index contributed by atoms with van der Waals surface area (Å²) < 4.78 is 28.2. The number of fused-ring (bicyclic) bond motifs is 1. The van der Waals surface area contributed by atoms with Crippen LogP contribution < -0.4 is 0 Å². The van der Waals surface area contributed by atoms with Crippen molar-refractivity contribution in [1.82, 2.24) is 9.55 Å². The van der Waals surface area contributed by atoms with Crippen LogP contribution in [-0.4, -0.2) is 9.55 Å². The van der Waals surface area contributed by atoms with E-state index in [0.717, 1.165) is 5.52 Å². The summed E-state index contributed by atoms with van der Waals surface area (Å²) in [6.45, 7) is 1.76. The third kappa shape index (κ3) is 2.11. The van der Waals surface area contributed by atoms with Gasteiger partial charge in [0.05, 0.1) is 17.6 Å². The van der Waals surface area contributed by atoms with Gasteiger partial charge in [-0.1, -0.05) is 15.9 Å². The van der Waals surface area contributed by atoms with Gasteiger partial charge in [0, 0.05) is 15.4 Å². The van der Waals surface area contributed by atoms with Gasteiger partial charge in [0.25, 0.3) is 6.43 Å². The van der Waals surface area contributed by atoms with Crippen LogP contribution in [0.15, 0.2) is 16.6 Å². The topological polar surface area (TPSA) is 17.8 Å². The zero-order valence-electron chi connectivity index (χ0n) is 8.14. The number of benzene rings is 1. The summed E-state index contributed by atoms with van der Waals surface area (Å²) in [4.78, 5) is 0. The van der Waals surface area contributed by atoms with E-state index in [1.165, 1.54) is 6.07 Å². The molecule has 1 heterocycles. The van der Waals surface area contributed by atoms with E-state index in [0.29, 0.717) is 21.9 Å². The fourth-order valence-electron chi connectivity index (χ4n) is 1.66. The second kappa shape index (κ2) is 4.82. The van der Waals surface area contributed by atoms with Crippen LogP contribution in [0.2, 0.25) is 0 Å². The second-order valence-electron chi connectivity index (χ2n) is 3.27. The second-order valence-corrected chi connectivity index (χ2v) is 6.23. The van der Waals surface area contributed by atoms with Gasteiger partial charge in [-0.05, 0) is 41.1 Å². The first-order chi connectivity index (χ1) is 7.54. The van der Waals surface area contributed by atoms with Gasteiger partial charge < -0.3 is 0 Å². The number of aromatic nitrogens is 2. The van der Waals surface area contributed by atoms with E-state index in [-0.39, 0.29) is 5.56 Å². The molecule has 0 saturated carbocycles. The summed E-state index contributed by atoms with van der Waals surface area (Å²) >= 11 is 5.43. The molecule has 0 aliphatic carbocycles. The Hall–Kier alpha value is 0.190. The highest BCUT2D eigenvalue weighted by atomic mass is 127. The third-order valence-corrected chi connectivity index (χ3v) is 4.60. The van der Waals surface area contributed by atoms with E-state index in [2.05, 4.69) is 43.1 Å². The van der Waals surface area contributed by atoms with Crippen molar-refractivity contribution in [2.75, 3.05) is 0 Å². The highest BCUT2D eigenvalue weighted by molar-refractivity contribution is 14.2. The number of halogens is 4. The van der Waals surface area contributed by atoms with E-state index in [4.69, 9.17) is 0 Å². The van der Waals surface area contributed by atoms with E-state index in [1.807, 2.05) is 6.07 Å². The van der Waals surface area contributed by atoms with Crippen molar-refractivity contribution in [3.8, 4) is 0 Å². The molecule has 1 atom stereocenters. The van der Waals surface area contributed by atoms with Gasteiger partial charge in [0.2, 0.25) is 0 Å². The van der Waals surface area contributed by atoms with Gasteiger partial charge in [-0.3, -0.25) is 0 Å². The lowest BCUT2D eigenvalue weighted by molar-refractivity contribution is 0.153. The number of nitrogens with zero attached hydrogens (tertiary/aromatic N) is 2. The lowest BCUT2D eigenvalue weighted by Crippen LogP contribution is -1.88. The molecule has 2 nitrogen and oxygen atoms in total. The average Bonchev–Trinajstić information content (AvgIpc) is 2.54. The summed E-state index contributed by atoms with van der Waals surface area (Å²) in [7, 11) is 0. The molecule has 0 radical (unpaired) electrons. The first-order valence-electron chi connectivity index (χ1n) is 4.38. The van der Waals surface area contributed by atoms with Gasteiger partial charge in [0.1, 0.15) is 0 Å². The monoisotopic (exact) mass is 418 g/mol. The van der Waals surface area contributed by atoms with Crippen LogP contribution in [-0.2, 0) is 0 Å². The molecular formula is C9H7BrF2IN2P. The molecule has 1 aromatic heterocycles. The molecule has 0 amide bonds. The maximum absolute atomic E-state index is 12.9. The summed E-state index contributed by atoms with van der Waals surface area (Å²) in [5.41, 5.74) is 1.46. The third-order valence-electron chi connectivity index (χ3n) is 2.27. The summed E-state index contributed by atoms with van der Waals surface area (Å²) in [6.07, 6.45) is -2.08. The van der Waals surface area contributed by atoms with E-state index >= 15 is 0 Å². The molecule has 0 aliphatic rings. The molecule has 86 valence electrons. The predicted molar refractivity (Wildman–Crippen MR) is 74.9 cm³/mol. The van der Waals surface area contributed by atoms with Crippen LogP contribution >= 0.6 is 44.3 Å². The van der Waals surface area contributed by atoms with Crippen LogP contribution in [0.25, 0.3) is 10.9 Å². The number of rotatable bonds is 2. The van der Waals surface area contributed by atoms with E-state index in [9.17, 15) is 8.78 Å². The van der Waals surface area contributed by atoms with E-state index in [1.54, 1.807) is 11.4 Å². The van der Waals surface area contributed by atoms with Crippen LogP contribution in [0.1, 0.15) is 17.7 Å².